The highest BCUT2D eigenvalue weighted by atomic mass is 16.5. The molecule has 0 aliphatic rings. The van der Waals surface area contributed by atoms with Crippen LogP contribution in [0.15, 0.2) is 0 Å². The van der Waals surface area contributed by atoms with Crippen molar-refractivity contribution in [1.29, 1.82) is 0 Å². The van der Waals surface area contributed by atoms with E-state index in [1.54, 1.807) is 0 Å². The summed E-state index contributed by atoms with van der Waals surface area (Å²) in [4.78, 5) is 12.1. The molecule has 52 heavy (non-hydrogen) atoms. The summed E-state index contributed by atoms with van der Waals surface area (Å²) in [5.74, 6) is 0.0342. The topological polar surface area (TPSA) is 26.3 Å². The Morgan fingerprint density at radius 1 is 0.250 bits per heavy atom. The van der Waals surface area contributed by atoms with Crippen LogP contribution in [-0.4, -0.2) is 12.6 Å². The van der Waals surface area contributed by atoms with Gasteiger partial charge in [0.2, 0.25) is 0 Å². The monoisotopic (exact) mass is 733 g/mol. The van der Waals surface area contributed by atoms with Crippen LogP contribution in [0, 0.1) is 0 Å². The Hall–Kier alpha value is -0.530. The van der Waals surface area contributed by atoms with Crippen LogP contribution in [-0.2, 0) is 9.53 Å². The van der Waals surface area contributed by atoms with Gasteiger partial charge in [0.1, 0.15) is 0 Å². The van der Waals surface area contributed by atoms with E-state index in [1.807, 2.05) is 0 Å². The molecule has 0 aliphatic heterocycles. The lowest BCUT2D eigenvalue weighted by Crippen LogP contribution is -2.05. The third kappa shape index (κ3) is 47.5. The number of hydrogen-bond donors (Lipinski definition) is 0. The van der Waals surface area contributed by atoms with Crippen LogP contribution in [0.3, 0.4) is 0 Å². The van der Waals surface area contributed by atoms with Crippen molar-refractivity contribution in [2.45, 2.75) is 309 Å². The normalized spacial score (nSPS) is 11.5. The van der Waals surface area contributed by atoms with Crippen molar-refractivity contribution in [1.82, 2.24) is 0 Å². The van der Waals surface area contributed by atoms with Gasteiger partial charge in [-0.05, 0) is 12.8 Å². The zero-order chi connectivity index (χ0) is 37.5. The number of carbonyl (C=O) groups is 1. The van der Waals surface area contributed by atoms with Gasteiger partial charge in [-0.2, -0.15) is 0 Å². The van der Waals surface area contributed by atoms with E-state index in [0.29, 0.717) is 13.0 Å². The maximum absolute atomic E-state index is 12.1. The van der Waals surface area contributed by atoms with E-state index in [0.717, 1.165) is 12.8 Å². The molecule has 0 N–H and O–H groups in total. The summed E-state index contributed by atoms with van der Waals surface area (Å²) in [5, 5.41) is 0. The molecule has 312 valence electrons. The molecule has 0 amide bonds. The zero-order valence-corrected chi connectivity index (χ0v) is 36.6. The molecule has 0 fully saturated rings. The highest BCUT2D eigenvalue weighted by molar-refractivity contribution is 5.69. The highest BCUT2D eigenvalue weighted by Crippen LogP contribution is 2.17. The molecular weight excluding hydrogens is 633 g/mol. The molecule has 2 nitrogen and oxygen atoms in total. The summed E-state index contributed by atoms with van der Waals surface area (Å²) in [6.07, 6.45) is 63.8. The maximum Gasteiger partial charge on any atom is 0.305 e. The summed E-state index contributed by atoms with van der Waals surface area (Å²) in [7, 11) is 0. The van der Waals surface area contributed by atoms with Crippen molar-refractivity contribution >= 4 is 5.97 Å². The highest BCUT2D eigenvalue weighted by Gasteiger charge is 2.03. The van der Waals surface area contributed by atoms with Gasteiger partial charge in [-0.15, -0.1) is 0 Å². The molecule has 0 spiro atoms. The molecule has 0 saturated carbocycles. The van der Waals surface area contributed by atoms with Crippen LogP contribution in [0.4, 0.5) is 0 Å². The minimum Gasteiger partial charge on any atom is -0.466 e. The van der Waals surface area contributed by atoms with Gasteiger partial charge in [0.25, 0.3) is 0 Å². The lowest BCUT2D eigenvalue weighted by Gasteiger charge is -2.06. The predicted octanol–water partition coefficient (Wildman–Crippen LogP) is 18.5. The molecule has 0 unspecified atom stereocenters. The molecule has 0 radical (unpaired) electrons. The SMILES string of the molecule is CCCCCCCCCCCCCCCCCCCCCCCCCCCC(=O)OCCCCCCCCCCCCCCCCCCCCCC. The Bertz CT molecular complexity index is 630. The van der Waals surface area contributed by atoms with Gasteiger partial charge in [0.15, 0.2) is 0 Å². The summed E-state index contributed by atoms with van der Waals surface area (Å²) in [5.41, 5.74) is 0. The second-order valence-electron chi connectivity index (χ2n) is 17.2. The van der Waals surface area contributed by atoms with E-state index >= 15 is 0 Å². The van der Waals surface area contributed by atoms with Crippen LogP contribution < -0.4 is 0 Å². The molecule has 2 heteroatoms. The van der Waals surface area contributed by atoms with E-state index in [-0.39, 0.29) is 5.97 Å². The van der Waals surface area contributed by atoms with Gasteiger partial charge in [-0.3, -0.25) is 4.79 Å². The quantitative estimate of drug-likeness (QED) is 0.0460. The Balaban J connectivity index is 3.14. The first-order valence-corrected chi connectivity index (χ1v) is 25.0. The Kier molecular flexibility index (Phi) is 48.0. The first-order valence-electron chi connectivity index (χ1n) is 25.0. The number of unbranched alkanes of at least 4 members (excludes halogenated alkanes) is 43. The molecule has 0 aliphatic carbocycles. The van der Waals surface area contributed by atoms with Gasteiger partial charge >= 0.3 is 5.97 Å². The largest absolute Gasteiger partial charge is 0.466 e. The van der Waals surface area contributed by atoms with Crippen LogP contribution in [0.25, 0.3) is 0 Å². The van der Waals surface area contributed by atoms with Crippen molar-refractivity contribution in [2.24, 2.45) is 0 Å². The molecule has 0 rings (SSSR count). The minimum atomic E-state index is 0.0342. The molecule has 0 bridgehead atoms. The fourth-order valence-corrected chi connectivity index (χ4v) is 8.02. The Labute approximate surface area is 330 Å². The molecule has 0 saturated heterocycles. The van der Waals surface area contributed by atoms with Crippen molar-refractivity contribution in [3.8, 4) is 0 Å². The lowest BCUT2D eigenvalue weighted by atomic mass is 10.0. The maximum atomic E-state index is 12.1. The average molecular weight is 733 g/mol. The zero-order valence-electron chi connectivity index (χ0n) is 36.6. The van der Waals surface area contributed by atoms with Crippen LogP contribution >= 0.6 is 0 Å². The van der Waals surface area contributed by atoms with E-state index in [1.165, 1.54) is 276 Å². The molecule has 0 heterocycles. The van der Waals surface area contributed by atoms with Gasteiger partial charge in [-0.1, -0.05) is 290 Å². The van der Waals surface area contributed by atoms with Gasteiger partial charge in [0, 0.05) is 6.42 Å². The van der Waals surface area contributed by atoms with E-state index in [9.17, 15) is 4.79 Å². The first kappa shape index (κ1) is 51.5. The fourth-order valence-electron chi connectivity index (χ4n) is 8.02. The van der Waals surface area contributed by atoms with Crippen molar-refractivity contribution in [2.75, 3.05) is 6.61 Å². The van der Waals surface area contributed by atoms with Crippen LogP contribution in [0.5, 0.6) is 0 Å². The Morgan fingerprint density at radius 3 is 0.635 bits per heavy atom. The number of rotatable bonds is 47. The summed E-state index contributed by atoms with van der Waals surface area (Å²) in [6.45, 7) is 5.24. The molecule has 0 aromatic rings. The third-order valence-electron chi connectivity index (χ3n) is 11.7. The third-order valence-corrected chi connectivity index (χ3v) is 11.7. The van der Waals surface area contributed by atoms with E-state index in [4.69, 9.17) is 4.74 Å². The first-order chi connectivity index (χ1) is 25.8. The minimum absolute atomic E-state index is 0.0342. The van der Waals surface area contributed by atoms with Crippen molar-refractivity contribution in [3.05, 3.63) is 0 Å². The molecular formula is C50H100O2. The number of carbonyl (C=O) groups excluding carboxylic acids is 1. The lowest BCUT2D eigenvalue weighted by molar-refractivity contribution is -0.143. The van der Waals surface area contributed by atoms with Gasteiger partial charge < -0.3 is 4.74 Å². The second-order valence-corrected chi connectivity index (χ2v) is 17.2. The number of ether oxygens (including phenoxy) is 1. The Morgan fingerprint density at radius 2 is 0.423 bits per heavy atom. The summed E-state index contributed by atoms with van der Waals surface area (Å²) in [6, 6.07) is 0. The number of esters is 1. The predicted molar refractivity (Wildman–Crippen MR) is 235 cm³/mol. The second kappa shape index (κ2) is 48.5. The molecule has 0 aromatic carbocycles. The average Bonchev–Trinajstić information content (AvgIpc) is 3.15. The number of hydrogen-bond acceptors (Lipinski definition) is 2. The van der Waals surface area contributed by atoms with Crippen molar-refractivity contribution in [3.63, 3.8) is 0 Å². The molecule has 0 atom stereocenters. The fraction of sp³-hybridized carbons (Fsp3) is 0.980. The van der Waals surface area contributed by atoms with Crippen LogP contribution in [0.2, 0.25) is 0 Å². The smallest absolute Gasteiger partial charge is 0.305 e. The standard InChI is InChI=1S/C50H100O2/c1-3-5-7-9-11-13-15-17-19-21-23-25-26-27-28-29-30-32-34-36-38-40-42-44-46-48-50(51)52-49-47-45-43-41-39-37-35-33-31-24-22-20-18-16-14-12-10-8-6-4-2/h3-49H2,1-2H3. The van der Waals surface area contributed by atoms with E-state index in [2.05, 4.69) is 13.8 Å². The van der Waals surface area contributed by atoms with E-state index < -0.39 is 0 Å². The van der Waals surface area contributed by atoms with Gasteiger partial charge in [-0.25, -0.2) is 0 Å². The van der Waals surface area contributed by atoms with Gasteiger partial charge in [0.05, 0.1) is 6.61 Å². The van der Waals surface area contributed by atoms with Crippen molar-refractivity contribution < 1.29 is 9.53 Å². The summed E-state index contributed by atoms with van der Waals surface area (Å²) < 4.78 is 5.49. The summed E-state index contributed by atoms with van der Waals surface area (Å²) >= 11 is 0. The molecule has 0 aromatic heterocycles. The van der Waals surface area contributed by atoms with Crippen LogP contribution in [0.1, 0.15) is 309 Å².